The second-order valence-corrected chi connectivity index (χ2v) is 12.0. The zero-order valence-electron chi connectivity index (χ0n) is 14.1. The van der Waals surface area contributed by atoms with Gasteiger partial charge in [0.1, 0.15) is 0 Å². The van der Waals surface area contributed by atoms with Gasteiger partial charge in [-0.1, -0.05) is 27.7 Å². The summed E-state index contributed by atoms with van der Waals surface area (Å²) < 4.78 is 6.13. The molecule has 0 aromatic rings. The van der Waals surface area contributed by atoms with Crippen molar-refractivity contribution < 1.29 is 9.22 Å². The van der Waals surface area contributed by atoms with Crippen molar-refractivity contribution in [3.63, 3.8) is 0 Å². The highest BCUT2D eigenvalue weighted by molar-refractivity contribution is 6.74. The molecule has 0 saturated carbocycles. The van der Waals surface area contributed by atoms with E-state index in [9.17, 15) is 4.79 Å². The van der Waals surface area contributed by atoms with Gasteiger partial charge in [0.15, 0.2) is 14.1 Å². The van der Waals surface area contributed by atoms with Crippen molar-refractivity contribution in [3.8, 4) is 0 Å². The predicted molar refractivity (Wildman–Crippen MR) is 87.3 cm³/mol. The number of nitrogens with one attached hydrogen (secondary N) is 1. The smallest absolute Gasteiger partial charge is 0.192 e. The molecule has 1 aliphatic carbocycles. The first-order valence-electron chi connectivity index (χ1n) is 7.82. The molecule has 20 heavy (non-hydrogen) atoms. The summed E-state index contributed by atoms with van der Waals surface area (Å²) in [4.78, 5) is 12.0. The normalized spacial score (nSPS) is 17.6. The predicted octanol–water partition coefficient (Wildman–Crippen LogP) is 4.01. The van der Waals surface area contributed by atoms with Crippen LogP contribution < -0.4 is 5.32 Å². The minimum Gasteiger partial charge on any atom is -0.415 e. The largest absolute Gasteiger partial charge is 0.415 e. The minimum atomic E-state index is -1.67. The van der Waals surface area contributed by atoms with E-state index in [1.165, 1.54) is 5.57 Å². The van der Waals surface area contributed by atoms with Crippen LogP contribution in [0, 0.1) is 0 Å². The SMILES string of the molecule is CCC1=C(NCCO[Si](C)(C)C(C)(C)C)C(=O)CCC1. The van der Waals surface area contributed by atoms with E-state index in [1.54, 1.807) is 0 Å². The van der Waals surface area contributed by atoms with Gasteiger partial charge >= 0.3 is 0 Å². The van der Waals surface area contributed by atoms with E-state index in [4.69, 9.17) is 4.43 Å². The van der Waals surface area contributed by atoms with Gasteiger partial charge in [-0.2, -0.15) is 0 Å². The fourth-order valence-corrected chi connectivity index (χ4v) is 3.23. The molecular weight excluding hydrogens is 266 g/mol. The molecule has 3 nitrogen and oxygen atoms in total. The first-order chi connectivity index (χ1) is 9.19. The summed E-state index contributed by atoms with van der Waals surface area (Å²) in [6.45, 7) is 14.8. The summed E-state index contributed by atoms with van der Waals surface area (Å²) in [5.41, 5.74) is 2.16. The number of carbonyl (C=O) groups excluding carboxylic acids is 1. The van der Waals surface area contributed by atoms with E-state index < -0.39 is 8.32 Å². The maximum atomic E-state index is 12.0. The van der Waals surface area contributed by atoms with Crippen molar-refractivity contribution in [1.82, 2.24) is 5.32 Å². The summed E-state index contributed by atoms with van der Waals surface area (Å²) in [6.07, 6.45) is 3.73. The molecule has 0 amide bonds. The quantitative estimate of drug-likeness (QED) is 0.594. The fraction of sp³-hybridized carbons (Fsp3) is 0.812. The van der Waals surface area contributed by atoms with Gasteiger partial charge in [-0.05, 0) is 43.0 Å². The molecule has 0 saturated heterocycles. The van der Waals surface area contributed by atoms with Crippen molar-refractivity contribution in [3.05, 3.63) is 11.3 Å². The summed E-state index contributed by atoms with van der Waals surface area (Å²) in [6, 6.07) is 0. The van der Waals surface area contributed by atoms with E-state index in [2.05, 4.69) is 46.1 Å². The van der Waals surface area contributed by atoms with Gasteiger partial charge in [0.2, 0.25) is 0 Å². The molecule has 116 valence electrons. The summed E-state index contributed by atoms with van der Waals surface area (Å²) in [5, 5.41) is 3.56. The highest BCUT2D eigenvalue weighted by Crippen LogP contribution is 2.36. The van der Waals surface area contributed by atoms with E-state index in [1.807, 2.05) is 0 Å². The zero-order chi connectivity index (χ0) is 15.4. The van der Waals surface area contributed by atoms with Crippen LogP contribution in [-0.2, 0) is 9.22 Å². The zero-order valence-corrected chi connectivity index (χ0v) is 15.1. The maximum absolute atomic E-state index is 12.0. The van der Waals surface area contributed by atoms with Crippen molar-refractivity contribution >= 4 is 14.1 Å². The molecule has 0 fully saturated rings. The van der Waals surface area contributed by atoms with Gasteiger partial charge in [0.25, 0.3) is 0 Å². The number of carbonyl (C=O) groups is 1. The number of Topliss-reactive ketones (excluding diaryl/α,β-unsaturated/α-hetero) is 1. The number of allylic oxidation sites excluding steroid dienone is 2. The lowest BCUT2D eigenvalue weighted by Gasteiger charge is -2.36. The highest BCUT2D eigenvalue weighted by atomic mass is 28.4. The number of hydrogen-bond donors (Lipinski definition) is 1. The number of hydrogen-bond acceptors (Lipinski definition) is 3. The second-order valence-electron chi connectivity index (χ2n) is 7.14. The summed E-state index contributed by atoms with van der Waals surface area (Å²) in [5.74, 6) is 0.278. The monoisotopic (exact) mass is 297 g/mol. The van der Waals surface area contributed by atoms with Crippen LogP contribution in [0.5, 0.6) is 0 Å². The van der Waals surface area contributed by atoms with Crippen LogP contribution >= 0.6 is 0 Å². The van der Waals surface area contributed by atoms with E-state index in [0.717, 1.165) is 31.5 Å². The van der Waals surface area contributed by atoms with Crippen LogP contribution in [0.1, 0.15) is 53.4 Å². The minimum absolute atomic E-state index is 0.238. The third-order valence-electron chi connectivity index (χ3n) is 4.61. The molecule has 0 radical (unpaired) electrons. The van der Waals surface area contributed by atoms with Crippen molar-refractivity contribution in [2.24, 2.45) is 0 Å². The molecule has 0 aliphatic heterocycles. The molecule has 1 aliphatic rings. The van der Waals surface area contributed by atoms with Crippen molar-refractivity contribution in [2.75, 3.05) is 13.2 Å². The third kappa shape index (κ3) is 4.45. The molecule has 0 spiro atoms. The Morgan fingerprint density at radius 1 is 1.25 bits per heavy atom. The van der Waals surface area contributed by atoms with E-state index >= 15 is 0 Å². The van der Waals surface area contributed by atoms with Crippen molar-refractivity contribution in [1.29, 1.82) is 0 Å². The van der Waals surface area contributed by atoms with E-state index in [-0.39, 0.29) is 10.8 Å². The van der Waals surface area contributed by atoms with Crippen LogP contribution in [-0.4, -0.2) is 27.3 Å². The lowest BCUT2D eigenvalue weighted by molar-refractivity contribution is -0.116. The van der Waals surface area contributed by atoms with Crippen molar-refractivity contribution in [2.45, 2.75) is 71.5 Å². The van der Waals surface area contributed by atoms with Gasteiger partial charge in [-0.3, -0.25) is 4.79 Å². The molecule has 0 aromatic carbocycles. The molecule has 0 unspecified atom stereocenters. The molecule has 1 rings (SSSR count). The first-order valence-corrected chi connectivity index (χ1v) is 10.7. The fourth-order valence-electron chi connectivity index (χ4n) is 2.19. The Morgan fingerprint density at radius 3 is 2.45 bits per heavy atom. The molecule has 1 N–H and O–H groups in total. The molecular formula is C16H31NO2Si. The Kier molecular flexibility index (Phi) is 6.01. The first kappa shape index (κ1) is 17.4. The van der Waals surface area contributed by atoms with Gasteiger partial charge < -0.3 is 9.74 Å². The summed E-state index contributed by atoms with van der Waals surface area (Å²) >= 11 is 0. The van der Waals surface area contributed by atoms with Gasteiger partial charge in [0, 0.05) is 13.0 Å². The Bertz CT molecular complexity index is 380. The molecule has 0 aromatic heterocycles. The second kappa shape index (κ2) is 6.90. The third-order valence-corrected chi connectivity index (χ3v) is 9.15. The summed E-state index contributed by atoms with van der Waals surface area (Å²) in [7, 11) is -1.67. The maximum Gasteiger partial charge on any atom is 0.192 e. The highest BCUT2D eigenvalue weighted by Gasteiger charge is 2.36. The average Bonchev–Trinajstić information content (AvgIpc) is 2.34. The van der Waals surface area contributed by atoms with Crippen LogP contribution in [0.25, 0.3) is 0 Å². The van der Waals surface area contributed by atoms with E-state index in [0.29, 0.717) is 13.0 Å². The lowest BCUT2D eigenvalue weighted by atomic mass is 9.93. The standard InChI is InChI=1S/C16H31NO2Si/c1-7-13-9-8-10-14(18)15(13)17-11-12-19-20(5,6)16(2,3)4/h17H,7-12H2,1-6H3. The Hall–Kier alpha value is -0.613. The number of ketones is 1. The molecule has 0 atom stereocenters. The Morgan fingerprint density at radius 2 is 1.90 bits per heavy atom. The molecule has 0 bridgehead atoms. The van der Waals surface area contributed by atoms with Gasteiger partial charge in [-0.15, -0.1) is 0 Å². The van der Waals surface area contributed by atoms with Crippen LogP contribution in [0.3, 0.4) is 0 Å². The average molecular weight is 298 g/mol. The Labute approximate surface area is 125 Å². The molecule has 4 heteroatoms. The topological polar surface area (TPSA) is 38.3 Å². The lowest BCUT2D eigenvalue weighted by Crippen LogP contribution is -2.42. The molecule has 0 heterocycles. The van der Waals surface area contributed by atoms with Gasteiger partial charge in [0.05, 0.1) is 12.3 Å². The number of rotatable bonds is 6. The van der Waals surface area contributed by atoms with Gasteiger partial charge in [-0.25, -0.2) is 0 Å². The Balaban J connectivity index is 2.48. The van der Waals surface area contributed by atoms with Crippen LogP contribution in [0.4, 0.5) is 0 Å². The van der Waals surface area contributed by atoms with Crippen LogP contribution in [0.15, 0.2) is 11.3 Å². The van der Waals surface area contributed by atoms with Crippen LogP contribution in [0.2, 0.25) is 18.1 Å².